The van der Waals surface area contributed by atoms with Crippen LogP contribution in [-0.2, 0) is 13.0 Å². The molecule has 2 aromatic rings. The fourth-order valence-electron chi connectivity index (χ4n) is 3.27. The molecule has 0 saturated carbocycles. The Labute approximate surface area is 131 Å². The Morgan fingerprint density at radius 3 is 2.86 bits per heavy atom. The van der Waals surface area contributed by atoms with Crippen molar-refractivity contribution < 1.29 is 9.90 Å². The topological polar surface area (TPSA) is 49.3 Å². The van der Waals surface area contributed by atoms with Gasteiger partial charge in [0.1, 0.15) is 0 Å². The number of nitrogens with one attached hydrogen (secondary N) is 1. The highest BCUT2D eigenvalue weighted by atomic mass is 16.4. The van der Waals surface area contributed by atoms with Gasteiger partial charge in [-0.2, -0.15) is 0 Å². The standard InChI is InChI=1S/C19H21NO2/c1-13-9-10-15-6-2-3-8-17(15)18(13)20-12-14-5-4-7-16(11-14)19(21)22/h2-8,11,13,18,20H,9-10,12H2,1H3,(H,21,22). The number of benzene rings is 2. The van der Waals surface area contributed by atoms with E-state index < -0.39 is 5.97 Å². The van der Waals surface area contributed by atoms with Crippen LogP contribution in [0.1, 0.15) is 46.4 Å². The van der Waals surface area contributed by atoms with E-state index in [2.05, 4.69) is 36.5 Å². The average molecular weight is 295 g/mol. The van der Waals surface area contributed by atoms with E-state index in [0.717, 1.165) is 12.0 Å². The first-order valence-corrected chi connectivity index (χ1v) is 7.78. The van der Waals surface area contributed by atoms with Gasteiger partial charge in [-0.15, -0.1) is 0 Å². The Hall–Kier alpha value is -2.13. The van der Waals surface area contributed by atoms with Crippen LogP contribution in [0.5, 0.6) is 0 Å². The van der Waals surface area contributed by atoms with Crippen molar-refractivity contribution in [1.29, 1.82) is 0 Å². The Balaban J connectivity index is 1.76. The third-order valence-electron chi connectivity index (χ3n) is 4.53. The first kappa shape index (κ1) is 14.8. The second kappa shape index (κ2) is 6.32. The number of hydrogen-bond acceptors (Lipinski definition) is 2. The summed E-state index contributed by atoms with van der Waals surface area (Å²) in [6.07, 6.45) is 2.33. The molecule has 2 atom stereocenters. The molecule has 0 aromatic heterocycles. The second-order valence-corrected chi connectivity index (χ2v) is 6.08. The summed E-state index contributed by atoms with van der Waals surface area (Å²) in [6.45, 7) is 2.96. The zero-order valence-electron chi connectivity index (χ0n) is 12.8. The summed E-state index contributed by atoms with van der Waals surface area (Å²) in [5, 5.41) is 12.7. The molecule has 22 heavy (non-hydrogen) atoms. The van der Waals surface area contributed by atoms with Gasteiger partial charge in [0.15, 0.2) is 0 Å². The minimum atomic E-state index is -0.877. The molecule has 0 heterocycles. The van der Waals surface area contributed by atoms with E-state index in [9.17, 15) is 4.79 Å². The van der Waals surface area contributed by atoms with E-state index >= 15 is 0 Å². The first-order valence-electron chi connectivity index (χ1n) is 7.78. The number of aromatic carboxylic acids is 1. The predicted octanol–water partition coefficient (Wildman–Crippen LogP) is 3.80. The lowest BCUT2D eigenvalue weighted by atomic mass is 9.80. The lowest BCUT2D eigenvalue weighted by molar-refractivity contribution is 0.0696. The molecule has 3 heteroatoms. The molecule has 2 unspecified atom stereocenters. The van der Waals surface area contributed by atoms with Gasteiger partial charge in [0.05, 0.1) is 5.56 Å². The fraction of sp³-hybridized carbons (Fsp3) is 0.316. The van der Waals surface area contributed by atoms with Crippen LogP contribution in [0, 0.1) is 5.92 Å². The number of aryl methyl sites for hydroxylation is 1. The van der Waals surface area contributed by atoms with Crippen molar-refractivity contribution in [2.75, 3.05) is 0 Å². The highest BCUT2D eigenvalue weighted by molar-refractivity contribution is 5.87. The Morgan fingerprint density at radius 2 is 2.05 bits per heavy atom. The molecule has 0 spiro atoms. The molecule has 1 aliphatic carbocycles. The van der Waals surface area contributed by atoms with Crippen molar-refractivity contribution in [2.45, 2.75) is 32.4 Å². The van der Waals surface area contributed by atoms with Crippen molar-refractivity contribution >= 4 is 5.97 Å². The number of carbonyl (C=O) groups is 1. The van der Waals surface area contributed by atoms with Gasteiger partial charge in [0, 0.05) is 12.6 Å². The molecular weight excluding hydrogens is 274 g/mol. The number of fused-ring (bicyclic) bond motifs is 1. The Morgan fingerprint density at radius 1 is 1.23 bits per heavy atom. The minimum absolute atomic E-state index is 0.332. The van der Waals surface area contributed by atoms with E-state index in [1.54, 1.807) is 18.2 Å². The summed E-state index contributed by atoms with van der Waals surface area (Å²) < 4.78 is 0. The van der Waals surface area contributed by atoms with E-state index in [1.807, 2.05) is 6.07 Å². The molecule has 1 aliphatic rings. The third kappa shape index (κ3) is 3.04. The minimum Gasteiger partial charge on any atom is -0.478 e. The molecular formula is C19H21NO2. The van der Waals surface area contributed by atoms with Gasteiger partial charge in [-0.3, -0.25) is 0 Å². The van der Waals surface area contributed by atoms with Crippen molar-refractivity contribution in [2.24, 2.45) is 5.92 Å². The highest BCUT2D eigenvalue weighted by Gasteiger charge is 2.25. The molecule has 0 amide bonds. The summed E-state index contributed by atoms with van der Waals surface area (Å²) >= 11 is 0. The van der Waals surface area contributed by atoms with Gasteiger partial charge < -0.3 is 10.4 Å². The molecule has 114 valence electrons. The Bertz CT molecular complexity index is 681. The molecule has 0 saturated heterocycles. The van der Waals surface area contributed by atoms with Gasteiger partial charge in [0.25, 0.3) is 0 Å². The molecule has 3 rings (SSSR count). The number of carboxylic acids is 1. The SMILES string of the molecule is CC1CCc2ccccc2C1NCc1cccc(C(=O)O)c1. The number of rotatable bonds is 4. The van der Waals surface area contributed by atoms with Crippen molar-refractivity contribution in [3.63, 3.8) is 0 Å². The lowest BCUT2D eigenvalue weighted by Gasteiger charge is -2.32. The smallest absolute Gasteiger partial charge is 0.335 e. The summed E-state index contributed by atoms with van der Waals surface area (Å²) in [4.78, 5) is 11.1. The molecule has 0 aliphatic heterocycles. The highest BCUT2D eigenvalue weighted by Crippen LogP contribution is 2.34. The van der Waals surface area contributed by atoms with Gasteiger partial charge in [0.2, 0.25) is 0 Å². The molecule has 2 N–H and O–H groups in total. The van der Waals surface area contributed by atoms with Gasteiger partial charge in [-0.05, 0) is 47.6 Å². The first-order chi connectivity index (χ1) is 10.6. The van der Waals surface area contributed by atoms with E-state index in [0.29, 0.717) is 24.1 Å². The van der Waals surface area contributed by atoms with Crippen LogP contribution >= 0.6 is 0 Å². The number of hydrogen-bond donors (Lipinski definition) is 2. The number of carboxylic acid groups (broad SMARTS) is 1. The van der Waals surface area contributed by atoms with Crippen molar-refractivity contribution in [3.05, 3.63) is 70.8 Å². The average Bonchev–Trinajstić information content (AvgIpc) is 2.54. The van der Waals surface area contributed by atoms with Crippen LogP contribution in [0.15, 0.2) is 48.5 Å². The summed E-state index contributed by atoms with van der Waals surface area (Å²) in [6, 6.07) is 16.1. The third-order valence-corrected chi connectivity index (χ3v) is 4.53. The maximum atomic E-state index is 11.1. The normalized spacial score (nSPS) is 20.4. The van der Waals surface area contributed by atoms with Crippen molar-refractivity contribution in [3.8, 4) is 0 Å². The Kier molecular flexibility index (Phi) is 4.25. The maximum Gasteiger partial charge on any atom is 0.335 e. The lowest BCUT2D eigenvalue weighted by Crippen LogP contribution is -2.30. The predicted molar refractivity (Wildman–Crippen MR) is 86.9 cm³/mol. The molecule has 0 fully saturated rings. The molecule has 0 bridgehead atoms. The molecule has 2 aromatic carbocycles. The van der Waals surface area contributed by atoms with E-state index in [-0.39, 0.29) is 0 Å². The van der Waals surface area contributed by atoms with Gasteiger partial charge in [-0.25, -0.2) is 4.79 Å². The van der Waals surface area contributed by atoms with Crippen LogP contribution in [0.4, 0.5) is 0 Å². The van der Waals surface area contributed by atoms with Gasteiger partial charge >= 0.3 is 5.97 Å². The summed E-state index contributed by atoms with van der Waals surface area (Å²) in [5.41, 5.74) is 4.17. The quantitative estimate of drug-likeness (QED) is 0.902. The van der Waals surface area contributed by atoms with Crippen LogP contribution in [-0.4, -0.2) is 11.1 Å². The maximum absolute atomic E-state index is 11.1. The van der Waals surface area contributed by atoms with Crippen LogP contribution in [0.2, 0.25) is 0 Å². The second-order valence-electron chi connectivity index (χ2n) is 6.08. The monoisotopic (exact) mass is 295 g/mol. The molecule has 3 nitrogen and oxygen atoms in total. The van der Waals surface area contributed by atoms with Crippen molar-refractivity contribution in [1.82, 2.24) is 5.32 Å². The summed E-state index contributed by atoms with van der Waals surface area (Å²) in [5.74, 6) is -0.296. The van der Waals surface area contributed by atoms with E-state index in [1.165, 1.54) is 17.5 Å². The van der Waals surface area contributed by atoms with Crippen LogP contribution in [0.3, 0.4) is 0 Å². The summed E-state index contributed by atoms with van der Waals surface area (Å²) in [7, 11) is 0. The van der Waals surface area contributed by atoms with Crippen LogP contribution in [0.25, 0.3) is 0 Å². The van der Waals surface area contributed by atoms with E-state index in [4.69, 9.17) is 5.11 Å². The largest absolute Gasteiger partial charge is 0.478 e. The zero-order valence-corrected chi connectivity index (χ0v) is 12.8. The fourth-order valence-corrected chi connectivity index (χ4v) is 3.27. The molecule has 0 radical (unpaired) electrons. The van der Waals surface area contributed by atoms with Gasteiger partial charge in [-0.1, -0.05) is 43.3 Å². The van der Waals surface area contributed by atoms with Crippen LogP contribution < -0.4 is 5.32 Å². The zero-order chi connectivity index (χ0) is 15.5.